The Balaban J connectivity index is 2.55. The van der Waals surface area contributed by atoms with Gasteiger partial charge in [0.2, 0.25) is 0 Å². The van der Waals surface area contributed by atoms with E-state index in [9.17, 15) is 0 Å². The lowest BCUT2D eigenvalue weighted by atomic mass is 9.84. The molecule has 2 nitrogen and oxygen atoms in total. The molecule has 0 aromatic carbocycles. The smallest absolute Gasteiger partial charge is 0.0833 e. The number of nitrogens with zero attached hydrogens (tertiary/aromatic N) is 1. The zero-order chi connectivity index (χ0) is 7.45. The largest absolute Gasteiger partial charge is 0.315 e. The Morgan fingerprint density at radius 3 is 2.80 bits per heavy atom. The van der Waals surface area contributed by atoms with Gasteiger partial charge in [0.05, 0.1) is 11.5 Å². The van der Waals surface area contributed by atoms with Gasteiger partial charge in [-0.2, -0.15) is 5.26 Å². The average Bonchev–Trinajstić information content (AvgIpc) is 2.06. The molecule has 0 saturated carbocycles. The molecular formula is C7H11ClN2. The van der Waals surface area contributed by atoms with E-state index in [2.05, 4.69) is 11.4 Å². The Morgan fingerprint density at radius 1 is 1.70 bits per heavy atom. The van der Waals surface area contributed by atoms with Crippen molar-refractivity contribution in [2.75, 3.05) is 19.0 Å². The number of halogens is 1. The molecule has 0 spiro atoms. The highest BCUT2D eigenvalue weighted by Gasteiger charge is 2.30. The summed E-state index contributed by atoms with van der Waals surface area (Å²) in [5.74, 6) is 0.455. The SMILES string of the molecule is N#CC1(CCl)CCCNC1. The molecule has 0 radical (unpaired) electrons. The van der Waals surface area contributed by atoms with Crippen molar-refractivity contribution in [3.63, 3.8) is 0 Å². The molecule has 0 amide bonds. The summed E-state index contributed by atoms with van der Waals surface area (Å²) in [6.45, 7) is 1.79. The molecule has 0 aromatic rings. The highest BCUT2D eigenvalue weighted by atomic mass is 35.5. The molecule has 1 atom stereocenters. The van der Waals surface area contributed by atoms with Gasteiger partial charge < -0.3 is 5.32 Å². The first kappa shape index (κ1) is 7.84. The van der Waals surface area contributed by atoms with Gasteiger partial charge in [0.25, 0.3) is 0 Å². The lowest BCUT2D eigenvalue weighted by Crippen LogP contribution is -2.40. The molecule has 1 aliphatic rings. The quantitative estimate of drug-likeness (QED) is 0.581. The van der Waals surface area contributed by atoms with Crippen LogP contribution in [0.2, 0.25) is 0 Å². The van der Waals surface area contributed by atoms with Gasteiger partial charge in [-0.3, -0.25) is 0 Å². The minimum Gasteiger partial charge on any atom is -0.315 e. The van der Waals surface area contributed by atoms with Gasteiger partial charge in [0.15, 0.2) is 0 Å². The summed E-state index contributed by atoms with van der Waals surface area (Å²) in [6, 6.07) is 2.27. The topological polar surface area (TPSA) is 35.8 Å². The van der Waals surface area contributed by atoms with E-state index in [0.29, 0.717) is 5.88 Å². The summed E-state index contributed by atoms with van der Waals surface area (Å²) in [7, 11) is 0. The molecular weight excluding hydrogens is 148 g/mol. The van der Waals surface area contributed by atoms with Crippen LogP contribution in [-0.2, 0) is 0 Å². The second kappa shape index (κ2) is 3.23. The van der Waals surface area contributed by atoms with E-state index in [-0.39, 0.29) is 5.41 Å². The van der Waals surface area contributed by atoms with Crippen molar-refractivity contribution in [2.24, 2.45) is 5.41 Å². The van der Waals surface area contributed by atoms with Gasteiger partial charge >= 0.3 is 0 Å². The third kappa shape index (κ3) is 1.42. The summed E-state index contributed by atoms with van der Waals surface area (Å²) in [4.78, 5) is 0. The van der Waals surface area contributed by atoms with Crippen LogP contribution in [0, 0.1) is 16.7 Å². The number of nitrogens with one attached hydrogen (secondary N) is 1. The second-order valence-corrected chi connectivity index (χ2v) is 3.07. The summed E-state index contributed by atoms with van der Waals surface area (Å²) >= 11 is 5.67. The standard InChI is InChI=1S/C7H11ClN2/c8-4-7(5-9)2-1-3-10-6-7/h10H,1-4,6H2. The Hall–Kier alpha value is -0.260. The number of rotatable bonds is 1. The van der Waals surface area contributed by atoms with E-state index in [1.807, 2.05) is 0 Å². The van der Waals surface area contributed by atoms with Crippen LogP contribution >= 0.6 is 11.6 Å². The average molecular weight is 159 g/mol. The fourth-order valence-electron chi connectivity index (χ4n) is 1.21. The number of nitriles is 1. The van der Waals surface area contributed by atoms with Crippen LogP contribution in [0.1, 0.15) is 12.8 Å². The summed E-state index contributed by atoms with van der Waals surface area (Å²) in [5.41, 5.74) is -0.278. The van der Waals surface area contributed by atoms with E-state index in [1.54, 1.807) is 0 Å². The van der Waals surface area contributed by atoms with Crippen molar-refractivity contribution in [2.45, 2.75) is 12.8 Å². The number of alkyl halides is 1. The summed E-state index contributed by atoms with van der Waals surface area (Å²) in [6.07, 6.45) is 2.01. The fourth-order valence-corrected chi connectivity index (χ4v) is 1.50. The van der Waals surface area contributed by atoms with Crippen molar-refractivity contribution in [3.05, 3.63) is 0 Å². The van der Waals surface area contributed by atoms with Gasteiger partial charge in [-0.1, -0.05) is 0 Å². The maximum absolute atomic E-state index is 8.77. The molecule has 1 fully saturated rings. The highest BCUT2D eigenvalue weighted by Crippen LogP contribution is 2.26. The molecule has 1 unspecified atom stereocenters. The van der Waals surface area contributed by atoms with Gasteiger partial charge in [0.1, 0.15) is 0 Å². The van der Waals surface area contributed by atoms with Gasteiger partial charge in [-0.25, -0.2) is 0 Å². The van der Waals surface area contributed by atoms with Crippen molar-refractivity contribution >= 4 is 11.6 Å². The number of hydrogen-bond acceptors (Lipinski definition) is 2. The molecule has 56 valence electrons. The van der Waals surface area contributed by atoms with E-state index in [1.165, 1.54) is 0 Å². The molecule has 1 saturated heterocycles. The molecule has 0 aliphatic carbocycles. The first-order chi connectivity index (χ1) is 4.83. The van der Waals surface area contributed by atoms with Crippen LogP contribution < -0.4 is 5.32 Å². The predicted molar refractivity (Wildman–Crippen MR) is 40.9 cm³/mol. The minimum absolute atomic E-state index is 0.278. The normalized spacial score (nSPS) is 33.2. The van der Waals surface area contributed by atoms with E-state index >= 15 is 0 Å². The summed E-state index contributed by atoms with van der Waals surface area (Å²) in [5, 5.41) is 11.9. The molecule has 3 heteroatoms. The zero-order valence-corrected chi connectivity index (χ0v) is 6.62. The Labute approximate surface area is 66.2 Å². The number of hydrogen-bond donors (Lipinski definition) is 1. The highest BCUT2D eigenvalue weighted by molar-refractivity contribution is 6.18. The van der Waals surface area contributed by atoms with Gasteiger partial charge in [-0.05, 0) is 19.4 Å². The maximum atomic E-state index is 8.77. The molecule has 0 bridgehead atoms. The molecule has 0 aromatic heterocycles. The van der Waals surface area contributed by atoms with Crippen LogP contribution in [0.4, 0.5) is 0 Å². The molecule has 1 aliphatic heterocycles. The van der Waals surface area contributed by atoms with Gasteiger partial charge in [0, 0.05) is 12.4 Å². The number of piperidine rings is 1. The van der Waals surface area contributed by atoms with Crippen LogP contribution in [0.3, 0.4) is 0 Å². The summed E-state index contributed by atoms with van der Waals surface area (Å²) < 4.78 is 0. The zero-order valence-electron chi connectivity index (χ0n) is 5.86. The minimum atomic E-state index is -0.278. The van der Waals surface area contributed by atoms with Crippen molar-refractivity contribution in [3.8, 4) is 6.07 Å². The Bertz CT molecular complexity index is 144. The van der Waals surface area contributed by atoms with Crippen LogP contribution in [-0.4, -0.2) is 19.0 Å². The monoisotopic (exact) mass is 158 g/mol. The fraction of sp³-hybridized carbons (Fsp3) is 0.857. The third-order valence-electron chi connectivity index (χ3n) is 1.97. The third-order valence-corrected chi connectivity index (χ3v) is 2.48. The van der Waals surface area contributed by atoms with Crippen LogP contribution in [0.25, 0.3) is 0 Å². The van der Waals surface area contributed by atoms with E-state index in [4.69, 9.17) is 16.9 Å². The second-order valence-electron chi connectivity index (χ2n) is 2.81. The first-order valence-electron chi connectivity index (χ1n) is 3.51. The lowest BCUT2D eigenvalue weighted by Gasteiger charge is -2.28. The lowest BCUT2D eigenvalue weighted by molar-refractivity contribution is 0.321. The molecule has 10 heavy (non-hydrogen) atoms. The van der Waals surface area contributed by atoms with Crippen LogP contribution in [0.5, 0.6) is 0 Å². The van der Waals surface area contributed by atoms with Crippen LogP contribution in [0.15, 0.2) is 0 Å². The Morgan fingerprint density at radius 2 is 2.50 bits per heavy atom. The van der Waals surface area contributed by atoms with E-state index < -0.39 is 0 Å². The van der Waals surface area contributed by atoms with Crippen molar-refractivity contribution in [1.82, 2.24) is 5.32 Å². The Kier molecular flexibility index (Phi) is 2.53. The first-order valence-corrected chi connectivity index (χ1v) is 4.04. The van der Waals surface area contributed by atoms with Crippen molar-refractivity contribution in [1.29, 1.82) is 5.26 Å². The van der Waals surface area contributed by atoms with E-state index in [0.717, 1.165) is 25.9 Å². The maximum Gasteiger partial charge on any atom is 0.0833 e. The van der Waals surface area contributed by atoms with Gasteiger partial charge in [-0.15, -0.1) is 11.6 Å². The predicted octanol–water partition coefficient (Wildman–Crippen LogP) is 1.12. The molecule has 1 rings (SSSR count). The molecule has 1 heterocycles. The molecule has 1 N–H and O–H groups in total. The van der Waals surface area contributed by atoms with Crippen molar-refractivity contribution < 1.29 is 0 Å².